The maximum Gasteiger partial charge on any atom is 0.267 e. The molecular formula is C12H19FN4O3S. The Kier molecular flexibility index (Phi) is 4.64. The molecule has 2 heterocycles. The summed E-state index contributed by atoms with van der Waals surface area (Å²) in [4.78, 5) is 11.6. The number of amides is 1. The van der Waals surface area contributed by atoms with Crippen LogP contribution in [0.2, 0.25) is 0 Å². The number of nitrogens with one attached hydrogen (secondary N) is 3. The molecule has 1 aromatic rings. The normalized spacial score (nSPS) is 22.4. The van der Waals surface area contributed by atoms with E-state index in [-0.39, 0.29) is 35.6 Å². The molecule has 0 unspecified atom stereocenters. The van der Waals surface area contributed by atoms with Crippen LogP contribution in [0.15, 0.2) is 17.2 Å². The first-order valence-electron chi connectivity index (χ1n) is 6.59. The fraction of sp³-hybridized carbons (Fsp3) is 0.583. The molecule has 118 valence electrons. The molecule has 9 heteroatoms. The van der Waals surface area contributed by atoms with Gasteiger partial charge in [0.2, 0.25) is 10.0 Å². The lowest BCUT2D eigenvalue weighted by Crippen LogP contribution is -2.37. The van der Waals surface area contributed by atoms with Gasteiger partial charge < -0.3 is 15.2 Å². The second-order valence-corrected chi connectivity index (χ2v) is 6.81. The number of nitrogens with zero attached hydrogens (tertiary/aromatic N) is 1. The van der Waals surface area contributed by atoms with E-state index in [0.717, 1.165) is 0 Å². The van der Waals surface area contributed by atoms with E-state index in [2.05, 4.69) is 15.4 Å². The minimum absolute atomic E-state index is 0.0124. The highest BCUT2D eigenvalue weighted by molar-refractivity contribution is 7.89. The molecule has 7 nitrogen and oxygen atoms in total. The molecule has 2 rings (SSSR count). The third-order valence-corrected chi connectivity index (χ3v) is 4.83. The van der Waals surface area contributed by atoms with Crippen LogP contribution in [0.4, 0.5) is 4.39 Å². The second-order valence-electron chi connectivity index (χ2n) is 5.04. The molecule has 0 saturated carbocycles. The van der Waals surface area contributed by atoms with E-state index in [4.69, 9.17) is 0 Å². The maximum atomic E-state index is 13.0. The van der Waals surface area contributed by atoms with Gasteiger partial charge in [-0.3, -0.25) is 4.79 Å². The molecule has 1 fully saturated rings. The summed E-state index contributed by atoms with van der Waals surface area (Å²) in [6.45, 7) is 0.367. The summed E-state index contributed by atoms with van der Waals surface area (Å²) in [5, 5.41) is 5.34. The minimum atomic E-state index is -3.72. The smallest absolute Gasteiger partial charge is 0.267 e. The van der Waals surface area contributed by atoms with Gasteiger partial charge in [0, 0.05) is 39.4 Å². The number of sulfonamides is 1. The Morgan fingerprint density at radius 2 is 2.29 bits per heavy atom. The molecule has 0 spiro atoms. The van der Waals surface area contributed by atoms with E-state index in [1.807, 2.05) is 0 Å². The number of carbonyl (C=O) groups is 1. The summed E-state index contributed by atoms with van der Waals surface area (Å²) in [5.74, 6) is -0.364. The molecule has 1 aliphatic heterocycles. The van der Waals surface area contributed by atoms with Crippen molar-refractivity contribution in [3.8, 4) is 0 Å². The van der Waals surface area contributed by atoms with Crippen molar-refractivity contribution in [3.63, 3.8) is 0 Å². The van der Waals surface area contributed by atoms with Gasteiger partial charge >= 0.3 is 0 Å². The number of aryl methyl sites for hydroxylation is 1. The molecule has 21 heavy (non-hydrogen) atoms. The van der Waals surface area contributed by atoms with Gasteiger partial charge in [0.1, 0.15) is 16.8 Å². The molecular weight excluding hydrogens is 299 g/mol. The average molecular weight is 318 g/mol. The van der Waals surface area contributed by atoms with Gasteiger partial charge in [0.25, 0.3) is 5.91 Å². The van der Waals surface area contributed by atoms with E-state index in [1.165, 1.54) is 23.9 Å². The largest absolute Gasteiger partial charge is 0.354 e. The predicted molar refractivity (Wildman–Crippen MR) is 75.3 cm³/mol. The molecule has 0 radical (unpaired) electrons. The minimum Gasteiger partial charge on any atom is -0.354 e. The second kappa shape index (κ2) is 6.12. The first-order valence-corrected chi connectivity index (χ1v) is 8.07. The molecule has 3 N–H and O–H groups in total. The third-order valence-electron chi connectivity index (χ3n) is 3.44. The van der Waals surface area contributed by atoms with Gasteiger partial charge in [-0.1, -0.05) is 0 Å². The Bertz CT molecular complexity index is 628. The van der Waals surface area contributed by atoms with E-state index >= 15 is 0 Å². The van der Waals surface area contributed by atoms with E-state index < -0.39 is 16.2 Å². The zero-order valence-corrected chi connectivity index (χ0v) is 12.7. The van der Waals surface area contributed by atoms with Gasteiger partial charge in [0.05, 0.1) is 0 Å². The van der Waals surface area contributed by atoms with Crippen molar-refractivity contribution >= 4 is 15.9 Å². The Morgan fingerprint density at radius 3 is 2.86 bits per heavy atom. The maximum absolute atomic E-state index is 13.0. The van der Waals surface area contributed by atoms with Crippen molar-refractivity contribution in [2.45, 2.75) is 23.5 Å². The number of hydrogen-bond acceptors (Lipinski definition) is 4. The zero-order chi connectivity index (χ0) is 15.6. The van der Waals surface area contributed by atoms with Crippen LogP contribution in [-0.2, 0) is 17.1 Å². The van der Waals surface area contributed by atoms with Crippen LogP contribution < -0.4 is 15.4 Å². The van der Waals surface area contributed by atoms with Crippen molar-refractivity contribution in [3.05, 3.63) is 18.0 Å². The summed E-state index contributed by atoms with van der Waals surface area (Å²) in [6.07, 6.45) is 0.726. The van der Waals surface area contributed by atoms with Gasteiger partial charge in [-0.25, -0.2) is 17.5 Å². The topological polar surface area (TPSA) is 92.2 Å². The van der Waals surface area contributed by atoms with Crippen molar-refractivity contribution < 1.29 is 17.6 Å². The summed E-state index contributed by atoms with van der Waals surface area (Å²) < 4.78 is 41.2. The highest BCUT2D eigenvalue weighted by Crippen LogP contribution is 2.14. The van der Waals surface area contributed by atoms with Crippen molar-refractivity contribution in [1.29, 1.82) is 0 Å². The molecule has 1 saturated heterocycles. The first kappa shape index (κ1) is 15.9. The number of alkyl halides is 1. The summed E-state index contributed by atoms with van der Waals surface area (Å²) in [6, 6.07) is 1.10. The zero-order valence-electron chi connectivity index (χ0n) is 11.9. The van der Waals surface area contributed by atoms with Crippen LogP contribution in [0.25, 0.3) is 0 Å². The van der Waals surface area contributed by atoms with Crippen LogP contribution in [-0.4, -0.2) is 51.2 Å². The lowest BCUT2D eigenvalue weighted by molar-refractivity contribution is 0.0955. The van der Waals surface area contributed by atoms with E-state index in [9.17, 15) is 17.6 Å². The van der Waals surface area contributed by atoms with E-state index in [0.29, 0.717) is 6.42 Å². The fourth-order valence-corrected chi connectivity index (χ4v) is 3.40. The Morgan fingerprint density at radius 1 is 1.57 bits per heavy atom. The fourth-order valence-electron chi connectivity index (χ4n) is 2.25. The van der Waals surface area contributed by atoms with Gasteiger partial charge in [-0.05, 0) is 12.5 Å². The predicted octanol–water partition coefficient (Wildman–Crippen LogP) is -0.637. The molecule has 1 amide bonds. The van der Waals surface area contributed by atoms with Crippen LogP contribution in [0.5, 0.6) is 0 Å². The highest BCUT2D eigenvalue weighted by Gasteiger charge is 2.26. The molecule has 1 aliphatic rings. The SMILES string of the molecule is CNC(=O)c1cc(S(=O)(=O)NC[C@@H]2C[C@H](F)CN2)cn1C. The monoisotopic (exact) mass is 318 g/mol. The Hall–Kier alpha value is -1.45. The van der Waals surface area contributed by atoms with Gasteiger partial charge in [-0.15, -0.1) is 0 Å². The number of aromatic nitrogens is 1. The van der Waals surface area contributed by atoms with Crippen molar-refractivity contribution in [2.75, 3.05) is 20.1 Å². The highest BCUT2D eigenvalue weighted by atomic mass is 32.2. The average Bonchev–Trinajstić information content (AvgIpc) is 3.02. The standard InChI is InChI=1S/C12H19FN4O3S/c1-14-12(18)11-4-10(7-17(11)2)21(19,20)16-6-9-3-8(13)5-15-9/h4,7-9,15-16H,3,5-6H2,1-2H3,(H,14,18)/t8-,9-/m0/s1. The summed E-state index contributed by atoms with van der Waals surface area (Å²) >= 11 is 0. The quantitative estimate of drug-likeness (QED) is 0.673. The number of hydrogen-bond donors (Lipinski definition) is 3. The van der Waals surface area contributed by atoms with Gasteiger partial charge in [-0.2, -0.15) is 0 Å². The van der Waals surface area contributed by atoms with Gasteiger partial charge in [0.15, 0.2) is 0 Å². The lowest BCUT2D eigenvalue weighted by atomic mass is 10.2. The number of rotatable bonds is 5. The Balaban J connectivity index is 2.07. The lowest BCUT2D eigenvalue weighted by Gasteiger charge is -2.10. The first-order chi connectivity index (χ1) is 9.83. The number of carbonyl (C=O) groups excluding carboxylic acids is 1. The summed E-state index contributed by atoms with van der Waals surface area (Å²) in [7, 11) is -0.656. The van der Waals surface area contributed by atoms with Crippen LogP contribution >= 0.6 is 0 Å². The Labute approximate surface area is 123 Å². The molecule has 1 aromatic heterocycles. The molecule has 0 aromatic carbocycles. The van der Waals surface area contributed by atoms with E-state index in [1.54, 1.807) is 7.05 Å². The number of halogens is 1. The van der Waals surface area contributed by atoms with Crippen LogP contribution in [0.3, 0.4) is 0 Å². The summed E-state index contributed by atoms with van der Waals surface area (Å²) in [5.41, 5.74) is 0.251. The third kappa shape index (κ3) is 3.60. The van der Waals surface area contributed by atoms with Crippen LogP contribution in [0, 0.1) is 0 Å². The van der Waals surface area contributed by atoms with Crippen LogP contribution in [0.1, 0.15) is 16.9 Å². The van der Waals surface area contributed by atoms with Crippen molar-refractivity contribution in [1.82, 2.24) is 19.9 Å². The molecule has 0 aliphatic carbocycles. The molecule has 2 atom stereocenters. The molecule has 0 bridgehead atoms. The van der Waals surface area contributed by atoms with Crippen molar-refractivity contribution in [2.24, 2.45) is 7.05 Å².